The quantitative estimate of drug-likeness (QED) is 0.753. The molecule has 0 spiro atoms. The lowest BCUT2D eigenvalue weighted by Crippen LogP contribution is -2.42. The largest absolute Gasteiger partial charge is 0.491 e. The van der Waals surface area contributed by atoms with E-state index in [1.54, 1.807) is 20.8 Å². The van der Waals surface area contributed by atoms with Crippen LogP contribution in [0.2, 0.25) is 0 Å². The van der Waals surface area contributed by atoms with E-state index < -0.39 is 17.6 Å². The number of carbonyl (C=O) groups excluding carboxylic acids is 2. The van der Waals surface area contributed by atoms with E-state index in [4.69, 9.17) is 15.2 Å². The standard InChI is InChI=1S/C16H23BrN2O4/c1-16(2,3)23-15(21)19-12(6-9-14(18)20)10-22-13-7-4-11(17)5-8-13/h4-5,7-8,12H,6,9-10H2,1-3H3,(H2,18,20)(H,19,21). The average molecular weight is 387 g/mol. The molecular formula is C16H23BrN2O4. The molecule has 0 radical (unpaired) electrons. The first-order valence-corrected chi connectivity index (χ1v) is 8.11. The highest BCUT2D eigenvalue weighted by Gasteiger charge is 2.20. The van der Waals surface area contributed by atoms with Crippen LogP contribution in [0, 0.1) is 0 Å². The van der Waals surface area contributed by atoms with Gasteiger partial charge in [0.15, 0.2) is 0 Å². The summed E-state index contributed by atoms with van der Waals surface area (Å²) < 4.78 is 11.8. The summed E-state index contributed by atoms with van der Waals surface area (Å²) in [4.78, 5) is 22.8. The highest BCUT2D eigenvalue weighted by Crippen LogP contribution is 2.16. The van der Waals surface area contributed by atoms with Crippen molar-refractivity contribution in [3.05, 3.63) is 28.7 Å². The summed E-state index contributed by atoms with van der Waals surface area (Å²) in [6.45, 7) is 5.56. The van der Waals surface area contributed by atoms with Crippen molar-refractivity contribution in [2.45, 2.75) is 45.3 Å². The monoisotopic (exact) mass is 386 g/mol. The first-order valence-electron chi connectivity index (χ1n) is 7.32. The number of primary amides is 1. The number of nitrogens with one attached hydrogen (secondary N) is 1. The number of carbonyl (C=O) groups is 2. The third-order valence-corrected chi connectivity index (χ3v) is 3.25. The Hall–Kier alpha value is -1.76. The third kappa shape index (κ3) is 9.07. The highest BCUT2D eigenvalue weighted by atomic mass is 79.9. The van der Waals surface area contributed by atoms with Crippen LogP contribution in [0.3, 0.4) is 0 Å². The molecule has 128 valence electrons. The van der Waals surface area contributed by atoms with Gasteiger partial charge in [0, 0.05) is 10.9 Å². The summed E-state index contributed by atoms with van der Waals surface area (Å²) in [6.07, 6.45) is -0.0127. The lowest BCUT2D eigenvalue weighted by Gasteiger charge is -2.23. The van der Waals surface area contributed by atoms with Crippen LogP contribution in [0.25, 0.3) is 0 Å². The van der Waals surface area contributed by atoms with Gasteiger partial charge in [-0.15, -0.1) is 0 Å². The van der Waals surface area contributed by atoms with Crippen molar-refractivity contribution < 1.29 is 19.1 Å². The Balaban J connectivity index is 2.58. The second kappa shape index (κ2) is 8.76. The predicted molar refractivity (Wildman–Crippen MR) is 91.2 cm³/mol. The number of rotatable bonds is 7. The second-order valence-corrected chi connectivity index (χ2v) is 7.03. The molecule has 1 unspecified atom stereocenters. The van der Waals surface area contributed by atoms with Crippen LogP contribution in [0.1, 0.15) is 33.6 Å². The van der Waals surface area contributed by atoms with Gasteiger partial charge >= 0.3 is 6.09 Å². The minimum absolute atomic E-state index is 0.157. The minimum Gasteiger partial charge on any atom is -0.491 e. The van der Waals surface area contributed by atoms with Gasteiger partial charge in [-0.2, -0.15) is 0 Å². The Morgan fingerprint density at radius 3 is 2.39 bits per heavy atom. The third-order valence-electron chi connectivity index (χ3n) is 2.72. The fraction of sp³-hybridized carbons (Fsp3) is 0.500. The Labute approximate surface area is 144 Å². The molecule has 1 aromatic rings. The molecule has 0 aliphatic heterocycles. The molecular weight excluding hydrogens is 364 g/mol. The first-order chi connectivity index (χ1) is 10.7. The average Bonchev–Trinajstić information content (AvgIpc) is 2.41. The molecule has 0 fully saturated rings. The van der Waals surface area contributed by atoms with E-state index in [1.165, 1.54) is 0 Å². The Morgan fingerprint density at radius 1 is 1.26 bits per heavy atom. The number of ether oxygens (including phenoxy) is 2. The molecule has 0 saturated carbocycles. The number of benzene rings is 1. The van der Waals surface area contributed by atoms with Crippen LogP contribution in [0.4, 0.5) is 4.79 Å². The lowest BCUT2D eigenvalue weighted by atomic mass is 10.1. The van der Waals surface area contributed by atoms with Gasteiger partial charge in [-0.25, -0.2) is 4.79 Å². The normalized spacial score (nSPS) is 12.3. The van der Waals surface area contributed by atoms with Crippen molar-refractivity contribution in [3.63, 3.8) is 0 Å². The zero-order chi connectivity index (χ0) is 17.5. The molecule has 3 N–H and O–H groups in total. The van der Waals surface area contributed by atoms with Crippen molar-refractivity contribution in [3.8, 4) is 5.75 Å². The molecule has 0 heterocycles. The van der Waals surface area contributed by atoms with Crippen LogP contribution in [-0.2, 0) is 9.53 Å². The molecule has 0 aromatic heterocycles. The van der Waals surface area contributed by atoms with Gasteiger partial charge in [-0.1, -0.05) is 15.9 Å². The summed E-state index contributed by atoms with van der Waals surface area (Å²) in [5.41, 5.74) is 4.58. The van der Waals surface area contributed by atoms with Crippen LogP contribution in [0.15, 0.2) is 28.7 Å². The van der Waals surface area contributed by atoms with Gasteiger partial charge in [-0.3, -0.25) is 4.79 Å². The zero-order valence-electron chi connectivity index (χ0n) is 13.6. The molecule has 23 heavy (non-hydrogen) atoms. The Morgan fingerprint density at radius 2 is 1.87 bits per heavy atom. The molecule has 1 rings (SSSR count). The zero-order valence-corrected chi connectivity index (χ0v) is 15.2. The van der Waals surface area contributed by atoms with Crippen LogP contribution in [-0.4, -0.2) is 30.3 Å². The minimum atomic E-state index is -0.592. The van der Waals surface area contributed by atoms with Crippen LogP contribution < -0.4 is 15.8 Å². The van der Waals surface area contributed by atoms with Gasteiger partial charge < -0.3 is 20.5 Å². The van der Waals surface area contributed by atoms with Gasteiger partial charge in [-0.05, 0) is 51.5 Å². The Kier molecular flexibility index (Phi) is 7.35. The van der Waals surface area contributed by atoms with Gasteiger partial charge in [0.1, 0.15) is 18.0 Å². The van der Waals surface area contributed by atoms with Gasteiger partial charge in [0.25, 0.3) is 0 Å². The van der Waals surface area contributed by atoms with E-state index in [0.717, 1.165) is 4.47 Å². The molecule has 0 aliphatic carbocycles. The summed E-state index contributed by atoms with van der Waals surface area (Å²) in [7, 11) is 0. The second-order valence-electron chi connectivity index (χ2n) is 6.11. The van der Waals surface area contributed by atoms with Crippen LogP contribution in [0.5, 0.6) is 5.75 Å². The molecule has 0 aliphatic rings. The van der Waals surface area contributed by atoms with Crippen molar-refractivity contribution in [2.75, 3.05) is 6.61 Å². The molecule has 1 atom stereocenters. The SMILES string of the molecule is CC(C)(C)OC(=O)NC(CCC(N)=O)COc1ccc(Br)cc1. The maximum absolute atomic E-state index is 11.9. The van der Waals surface area contributed by atoms with E-state index in [2.05, 4.69) is 21.2 Å². The molecule has 0 saturated heterocycles. The molecule has 2 amide bonds. The van der Waals surface area contributed by atoms with Crippen molar-refractivity contribution in [1.29, 1.82) is 0 Å². The summed E-state index contributed by atoms with van der Waals surface area (Å²) in [5.74, 6) is 0.243. The number of hydrogen-bond donors (Lipinski definition) is 2. The number of halogens is 1. The highest BCUT2D eigenvalue weighted by molar-refractivity contribution is 9.10. The molecule has 6 nitrogen and oxygen atoms in total. The molecule has 1 aromatic carbocycles. The summed E-state index contributed by atoms with van der Waals surface area (Å²) in [6, 6.07) is 6.95. The summed E-state index contributed by atoms with van der Waals surface area (Å²) in [5, 5.41) is 2.71. The maximum Gasteiger partial charge on any atom is 0.407 e. The van der Waals surface area contributed by atoms with E-state index in [0.29, 0.717) is 12.2 Å². The van der Waals surface area contributed by atoms with Gasteiger partial charge in [0.2, 0.25) is 5.91 Å². The van der Waals surface area contributed by atoms with Crippen molar-refractivity contribution in [1.82, 2.24) is 5.32 Å². The summed E-state index contributed by atoms with van der Waals surface area (Å²) >= 11 is 3.35. The Bertz CT molecular complexity index is 526. The number of hydrogen-bond acceptors (Lipinski definition) is 4. The number of nitrogens with two attached hydrogens (primary N) is 1. The number of alkyl carbamates (subject to hydrolysis) is 1. The van der Waals surface area contributed by atoms with E-state index in [1.807, 2.05) is 24.3 Å². The first kappa shape index (κ1) is 19.3. The number of amides is 2. The molecule has 7 heteroatoms. The van der Waals surface area contributed by atoms with E-state index in [-0.39, 0.29) is 19.1 Å². The topological polar surface area (TPSA) is 90.6 Å². The maximum atomic E-state index is 11.9. The lowest BCUT2D eigenvalue weighted by molar-refractivity contribution is -0.118. The van der Waals surface area contributed by atoms with Crippen molar-refractivity contribution in [2.24, 2.45) is 5.73 Å². The fourth-order valence-electron chi connectivity index (χ4n) is 1.72. The van der Waals surface area contributed by atoms with Gasteiger partial charge in [0.05, 0.1) is 6.04 Å². The van der Waals surface area contributed by atoms with E-state index in [9.17, 15) is 9.59 Å². The van der Waals surface area contributed by atoms with E-state index >= 15 is 0 Å². The molecule has 0 bridgehead atoms. The van der Waals surface area contributed by atoms with Crippen molar-refractivity contribution >= 4 is 27.9 Å². The predicted octanol–water partition coefficient (Wildman–Crippen LogP) is 2.99. The smallest absolute Gasteiger partial charge is 0.407 e. The van der Waals surface area contributed by atoms with Crippen LogP contribution >= 0.6 is 15.9 Å². The fourth-order valence-corrected chi connectivity index (χ4v) is 1.98.